The van der Waals surface area contributed by atoms with Crippen LogP contribution in [0, 0.1) is 12.7 Å². The predicted octanol–water partition coefficient (Wildman–Crippen LogP) is 2.25. The molecule has 1 N–H and O–H groups in total. The van der Waals surface area contributed by atoms with Gasteiger partial charge in [0, 0.05) is 0 Å². The summed E-state index contributed by atoms with van der Waals surface area (Å²) in [6.45, 7) is 1.83. The molecular weight excluding hydrogens is 321 g/mol. The molecule has 2 aromatic rings. The van der Waals surface area contributed by atoms with Crippen LogP contribution in [-0.2, 0) is 10.0 Å². The van der Waals surface area contributed by atoms with Crippen LogP contribution in [0.1, 0.15) is 5.56 Å². The fourth-order valence-corrected chi connectivity index (χ4v) is 3.39. The third-order valence-electron chi connectivity index (χ3n) is 3.51. The Kier molecular flexibility index (Phi) is 4.23. The Balaban J connectivity index is 1.67. The van der Waals surface area contributed by atoms with Crippen molar-refractivity contribution in [3.8, 4) is 11.5 Å². The van der Waals surface area contributed by atoms with E-state index in [2.05, 4.69) is 4.72 Å². The Labute approximate surface area is 134 Å². The predicted molar refractivity (Wildman–Crippen MR) is 82.7 cm³/mol. The standard InChI is InChI=1S/C16H16FNO4S/c1-11-8-13(6-7-14(11)17)23(19,20)18-9-12-10-21-15-4-2-3-5-16(15)22-12/h2-8,12,18H,9-10H2,1H3/t12-/m1/s1. The number of nitrogens with one attached hydrogen (secondary N) is 1. The monoisotopic (exact) mass is 337 g/mol. The number of sulfonamides is 1. The van der Waals surface area contributed by atoms with Crippen molar-refractivity contribution in [3.05, 3.63) is 53.8 Å². The topological polar surface area (TPSA) is 64.6 Å². The smallest absolute Gasteiger partial charge is 0.240 e. The number of aryl methyl sites for hydroxylation is 1. The molecule has 0 radical (unpaired) electrons. The molecule has 3 rings (SSSR count). The molecule has 1 aliphatic heterocycles. The maximum absolute atomic E-state index is 13.3. The zero-order chi connectivity index (χ0) is 16.4. The normalized spacial score (nSPS) is 17.0. The van der Waals surface area contributed by atoms with Gasteiger partial charge >= 0.3 is 0 Å². The number of hydrogen-bond acceptors (Lipinski definition) is 4. The van der Waals surface area contributed by atoms with Crippen LogP contribution in [0.25, 0.3) is 0 Å². The molecular formula is C16H16FNO4S. The van der Waals surface area contributed by atoms with E-state index in [-0.39, 0.29) is 23.6 Å². The van der Waals surface area contributed by atoms with Gasteiger partial charge in [-0.1, -0.05) is 12.1 Å². The SMILES string of the molecule is Cc1cc(S(=O)(=O)NC[C@@H]2COc3ccccc3O2)ccc1F. The summed E-state index contributed by atoms with van der Waals surface area (Å²) < 4.78 is 51.5. The number of fused-ring (bicyclic) bond motifs is 1. The van der Waals surface area contributed by atoms with Crippen LogP contribution in [0.15, 0.2) is 47.4 Å². The molecule has 1 heterocycles. The Morgan fingerprint density at radius 3 is 2.70 bits per heavy atom. The van der Waals surface area contributed by atoms with Crippen LogP contribution in [0.4, 0.5) is 4.39 Å². The molecule has 0 bridgehead atoms. The molecule has 0 spiro atoms. The van der Waals surface area contributed by atoms with E-state index in [9.17, 15) is 12.8 Å². The summed E-state index contributed by atoms with van der Waals surface area (Å²) in [6.07, 6.45) is -0.429. The van der Waals surface area contributed by atoms with Crippen LogP contribution in [0.3, 0.4) is 0 Å². The van der Waals surface area contributed by atoms with E-state index in [1.54, 1.807) is 12.1 Å². The van der Waals surface area contributed by atoms with Gasteiger partial charge in [0.05, 0.1) is 11.4 Å². The maximum atomic E-state index is 13.3. The average molecular weight is 337 g/mol. The van der Waals surface area contributed by atoms with Crippen molar-refractivity contribution < 1.29 is 22.3 Å². The van der Waals surface area contributed by atoms with E-state index in [0.29, 0.717) is 11.5 Å². The first-order valence-corrected chi connectivity index (χ1v) is 8.58. The van der Waals surface area contributed by atoms with Crippen molar-refractivity contribution in [1.82, 2.24) is 4.72 Å². The second-order valence-electron chi connectivity index (χ2n) is 5.26. The molecule has 0 fully saturated rings. The van der Waals surface area contributed by atoms with Crippen LogP contribution in [0.5, 0.6) is 11.5 Å². The molecule has 0 saturated heterocycles. The van der Waals surface area contributed by atoms with Crippen molar-refractivity contribution in [2.75, 3.05) is 13.2 Å². The molecule has 0 unspecified atom stereocenters. The van der Waals surface area contributed by atoms with Crippen LogP contribution >= 0.6 is 0 Å². The van der Waals surface area contributed by atoms with Crippen molar-refractivity contribution in [1.29, 1.82) is 0 Å². The minimum atomic E-state index is -3.73. The molecule has 0 aliphatic carbocycles. The summed E-state index contributed by atoms with van der Waals surface area (Å²) in [5, 5.41) is 0. The van der Waals surface area contributed by atoms with Gasteiger partial charge in [-0.3, -0.25) is 0 Å². The molecule has 1 aliphatic rings. The van der Waals surface area contributed by atoms with E-state index < -0.39 is 21.9 Å². The molecule has 1 atom stereocenters. The van der Waals surface area contributed by atoms with E-state index >= 15 is 0 Å². The summed E-state index contributed by atoms with van der Waals surface area (Å²) in [5.74, 6) is 0.783. The lowest BCUT2D eigenvalue weighted by Crippen LogP contribution is -2.40. The first kappa shape index (κ1) is 15.8. The summed E-state index contributed by atoms with van der Waals surface area (Å²) in [7, 11) is -3.73. The molecule has 7 heteroatoms. The Morgan fingerprint density at radius 1 is 1.22 bits per heavy atom. The lowest BCUT2D eigenvalue weighted by Gasteiger charge is -2.26. The van der Waals surface area contributed by atoms with Crippen molar-refractivity contribution in [2.24, 2.45) is 0 Å². The number of benzene rings is 2. The minimum Gasteiger partial charge on any atom is -0.486 e. The highest BCUT2D eigenvalue weighted by Gasteiger charge is 2.23. The molecule has 122 valence electrons. The Morgan fingerprint density at radius 2 is 1.96 bits per heavy atom. The van der Waals surface area contributed by atoms with E-state index in [1.165, 1.54) is 19.1 Å². The third kappa shape index (κ3) is 3.46. The first-order chi connectivity index (χ1) is 11.0. The highest BCUT2D eigenvalue weighted by Crippen LogP contribution is 2.30. The van der Waals surface area contributed by atoms with Gasteiger partial charge in [0.2, 0.25) is 10.0 Å². The van der Waals surface area contributed by atoms with E-state index in [4.69, 9.17) is 9.47 Å². The molecule has 23 heavy (non-hydrogen) atoms. The second-order valence-corrected chi connectivity index (χ2v) is 7.03. The number of hydrogen-bond donors (Lipinski definition) is 1. The molecule has 0 amide bonds. The number of halogens is 1. The molecule has 5 nitrogen and oxygen atoms in total. The van der Waals surface area contributed by atoms with Gasteiger partial charge in [0.25, 0.3) is 0 Å². The zero-order valence-corrected chi connectivity index (χ0v) is 13.3. The molecule has 0 aromatic heterocycles. The lowest BCUT2D eigenvalue weighted by molar-refractivity contribution is 0.0943. The Bertz CT molecular complexity index is 823. The van der Waals surface area contributed by atoms with Crippen LogP contribution in [-0.4, -0.2) is 27.7 Å². The van der Waals surface area contributed by atoms with E-state index in [1.807, 2.05) is 12.1 Å². The number of rotatable bonds is 4. The summed E-state index contributed by atoms with van der Waals surface area (Å²) >= 11 is 0. The van der Waals surface area contributed by atoms with E-state index in [0.717, 1.165) is 6.07 Å². The average Bonchev–Trinajstić information content (AvgIpc) is 2.55. The maximum Gasteiger partial charge on any atom is 0.240 e. The lowest BCUT2D eigenvalue weighted by atomic mass is 10.2. The highest BCUT2D eigenvalue weighted by molar-refractivity contribution is 7.89. The fraction of sp³-hybridized carbons (Fsp3) is 0.250. The van der Waals surface area contributed by atoms with Crippen LogP contribution in [0.2, 0.25) is 0 Å². The quantitative estimate of drug-likeness (QED) is 0.929. The second kappa shape index (κ2) is 6.17. The van der Waals surface area contributed by atoms with Gasteiger partial charge in [-0.15, -0.1) is 0 Å². The van der Waals surface area contributed by atoms with Gasteiger partial charge in [-0.05, 0) is 42.8 Å². The minimum absolute atomic E-state index is 0.0218. The van der Waals surface area contributed by atoms with Gasteiger partial charge in [-0.2, -0.15) is 0 Å². The summed E-state index contributed by atoms with van der Waals surface area (Å²) in [5.41, 5.74) is 0.277. The molecule has 2 aromatic carbocycles. The van der Waals surface area contributed by atoms with Gasteiger partial charge in [-0.25, -0.2) is 17.5 Å². The van der Waals surface area contributed by atoms with Crippen molar-refractivity contribution in [2.45, 2.75) is 17.9 Å². The third-order valence-corrected chi connectivity index (χ3v) is 4.93. The first-order valence-electron chi connectivity index (χ1n) is 7.10. The van der Waals surface area contributed by atoms with Crippen LogP contribution < -0.4 is 14.2 Å². The number of para-hydroxylation sites is 2. The molecule has 0 saturated carbocycles. The summed E-state index contributed by atoms with van der Waals surface area (Å²) in [4.78, 5) is 0.0218. The van der Waals surface area contributed by atoms with Crippen molar-refractivity contribution >= 4 is 10.0 Å². The van der Waals surface area contributed by atoms with Crippen molar-refractivity contribution in [3.63, 3.8) is 0 Å². The summed E-state index contributed by atoms with van der Waals surface area (Å²) in [6, 6.07) is 10.9. The number of ether oxygens (including phenoxy) is 2. The largest absolute Gasteiger partial charge is 0.486 e. The van der Waals surface area contributed by atoms with Gasteiger partial charge in [0.1, 0.15) is 18.5 Å². The van der Waals surface area contributed by atoms with Gasteiger partial charge in [0.15, 0.2) is 11.5 Å². The fourth-order valence-electron chi connectivity index (χ4n) is 2.23. The zero-order valence-electron chi connectivity index (χ0n) is 12.5. The van der Waals surface area contributed by atoms with Gasteiger partial charge < -0.3 is 9.47 Å². The Hall–Kier alpha value is -2.12. The highest BCUT2D eigenvalue weighted by atomic mass is 32.2.